The Morgan fingerprint density at radius 1 is 1.12 bits per heavy atom. The Hall–Kier alpha value is -2.07. The number of anilines is 1. The van der Waals surface area contributed by atoms with Crippen LogP contribution in [-0.4, -0.2) is 45.0 Å². The zero-order valence-corrected chi connectivity index (χ0v) is 15.4. The van der Waals surface area contributed by atoms with E-state index in [0.29, 0.717) is 28.7 Å². The molecule has 0 amide bonds. The van der Waals surface area contributed by atoms with E-state index in [4.69, 9.17) is 10.5 Å². The average molecular weight is 393 g/mol. The van der Waals surface area contributed by atoms with Crippen molar-refractivity contribution in [3.05, 3.63) is 48.0 Å². The van der Waals surface area contributed by atoms with Crippen LogP contribution < -0.4 is 10.8 Å². The standard InChI is InChI=1S/C17H18N2O5S2/c18-14-3-1-2-4-16(14)25-15-6-5-12(11-13(15)17(20)21)26(22,23)19-7-9-24-10-8-19/h1-6,11H,7-10,18H2,(H,20,21)/p-1. The predicted octanol–water partition coefficient (Wildman–Crippen LogP) is 0.804. The summed E-state index contributed by atoms with van der Waals surface area (Å²) in [5, 5.41) is 11.6. The Morgan fingerprint density at radius 2 is 1.81 bits per heavy atom. The maximum atomic E-state index is 12.7. The van der Waals surface area contributed by atoms with Crippen LogP contribution in [0.25, 0.3) is 0 Å². The maximum absolute atomic E-state index is 12.7. The minimum Gasteiger partial charge on any atom is -0.545 e. The van der Waals surface area contributed by atoms with Gasteiger partial charge in [0.25, 0.3) is 0 Å². The molecule has 0 saturated carbocycles. The van der Waals surface area contributed by atoms with Crippen molar-refractivity contribution < 1.29 is 23.1 Å². The summed E-state index contributed by atoms with van der Waals surface area (Å²) in [6, 6.07) is 11.0. The number of sulfonamides is 1. The van der Waals surface area contributed by atoms with Crippen LogP contribution in [-0.2, 0) is 14.8 Å². The molecule has 2 N–H and O–H groups in total. The summed E-state index contributed by atoms with van der Waals surface area (Å²) in [6.45, 7) is 1.10. The summed E-state index contributed by atoms with van der Waals surface area (Å²) in [6.07, 6.45) is 0. The van der Waals surface area contributed by atoms with E-state index < -0.39 is 16.0 Å². The van der Waals surface area contributed by atoms with Gasteiger partial charge in [-0.05, 0) is 30.3 Å². The highest BCUT2D eigenvalue weighted by Crippen LogP contribution is 2.35. The fourth-order valence-electron chi connectivity index (χ4n) is 2.55. The van der Waals surface area contributed by atoms with Gasteiger partial charge in [0.2, 0.25) is 10.0 Å². The van der Waals surface area contributed by atoms with Gasteiger partial charge in [-0.3, -0.25) is 0 Å². The van der Waals surface area contributed by atoms with Crippen LogP contribution in [0.5, 0.6) is 0 Å². The zero-order chi connectivity index (χ0) is 18.7. The number of ether oxygens (including phenoxy) is 1. The Morgan fingerprint density at radius 3 is 2.46 bits per heavy atom. The van der Waals surface area contributed by atoms with Crippen molar-refractivity contribution in [2.75, 3.05) is 32.0 Å². The summed E-state index contributed by atoms with van der Waals surface area (Å²) < 4.78 is 31.9. The lowest BCUT2D eigenvalue weighted by Crippen LogP contribution is -2.40. The number of carbonyl (C=O) groups excluding carboxylic acids is 1. The van der Waals surface area contributed by atoms with Crippen LogP contribution in [0.4, 0.5) is 5.69 Å². The molecule has 0 atom stereocenters. The highest BCUT2D eigenvalue weighted by atomic mass is 32.2. The molecule has 1 aliphatic rings. The SMILES string of the molecule is Nc1ccccc1Sc1ccc(S(=O)(=O)N2CCOCC2)cc1C(=O)[O-]. The number of nitrogens with zero attached hydrogens (tertiary/aromatic N) is 1. The molecule has 2 aromatic rings. The van der Waals surface area contributed by atoms with Crippen molar-refractivity contribution >= 4 is 33.4 Å². The van der Waals surface area contributed by atoms with Crippen molar-refractivity contribution in [2.24, 2.45) is 0 Å². The lowest BCUT2D eigenvalue weighted by molar-refractivity contribution is -0.255. The van der Waals surface area contributed by atoms with E-state index >= 15 is 0 Å². The highest BCUT2D eigenvalue weighted by Gasteiger charge is 2.27. The summed E-state index contributed by atoms with van der Waals surface area (Å²) in [5.41, 5.74) is 6.21. The molecule has 7 nitrogen and oxygen atoms in total. The van der Waals surface area contributed by atoms with Gasteiger partial charge in [0.05, 0.1) is 24.1 Å². The van der Waals surface area contributed by atoms with Crippen molar-refractivity contribution in [1.29, 1.82) is 0 Å². The van der Waals surface area contributed by atoms with Gasteiger partial charge in [-0.15, -0.1) is 0 Å². The van der Waals surface area contributed by atoms with Crippen molar-refractivity contribution in [1.82, 2.24) is 4.31 Å². The van der Waals surface area contributed by atoms with E-state index in [1.165, 1.54) is 16.4 Å². The molecule has 1 fully saturated rings. The van der Waals surface area contributed by atoms with Crippen LogP contribution in [0.2, 0.25) is 0 Å². The van der Waals surface area contributed by atoms with Gasteiger partial charge in [0.1, 0.15) is 0 Å². The van der Waals surface area contributed by atoms with Gasteiger partial charge < -0.3 is 20.4 Å². The number of nitrogens with two attached hydrogens (primary N) is 1. The summed E-state index contributed by atoms with van der Waals surface area (Å²) >= 11 is 1.15. The Balaban J connectivity index is 1.97. The fourth-order valence-corrected chi connectivity index (χ4v) is 4.94. The number of aromatic carboxylic acids is 1. The molecular formula is C17H17N2O5S2-. The van der Waals surface area contributed by atoms with Crippen LogP contribution in [0.15, 0.2) is 57.2 Å². The van der Waals surface area contributed by atoms with E-state index in [-0.39, 0.29) is 23.5 Å². The molecule has 0 radical (unpaired) electrons. The van der Waals surface area contributed by atoms with Crippen molar-refractivity contribution in [2.45, 2.75) is 14.7 Å². The van der Waals surface area contributed by atoms with Gasteiger partial charge in [-0.1, -0.05) is 23.9 Å². The summed E-state index contributed by atoms with van der Waals surface area (Å²) in [4.78, 5) is 12.5. The third kappa shape index (κ3) is 3.85. The number of hydrogen-bond acceptors (Lipinski definition) is 7. The number of rotatable bonds is 5. The first-order valence-corrected chi connectivity index (χ1v) is 10.1. The number of carboxylic acids is 1. The lowest BCUT2D eigenvalue weighted by atomic mass is 10.2. The Bertz CT molecular complexity index is 925. The van der Waals surface area contributed by atoms with Gasteiger partial charge in [0, 0.05) is 34.1 Å². The maximum Gasteiger partial charge on any atom is 0.243 e. The van der Waals surface area contributed by atoms with Crippen molar-refractivity contribution in [3.8, 4) is 0 Å². The monoisotopic (exact) mass is 393 g/mol. The summed E-state index contributed by atoms with van der Waals surface area (Å²) in [7, 11) is -3.79. The van der Waals surface area contributed by atoms with Crippen LogP contribution in [0, 0.1) is 0 Å². The Kier molecular flexibility index (Phi) is 5.52. The first kappa shape index (κ1) is 18.7. The topological polar surface area (TPSA) is 113 Å². The molecule has 0 bridgehead atoms. The Labute approximate surface area is 155 Å². The molecule has 9 heteroatoms. The molecule has 0 spiro atoms. The van der Waals surface area contributed by atoms with Crippen LogP contribution >= 0.6 is 11.8 Å². The molecule has 138 valence electrons. The van der Waals surface area contributed by atoms with E-state index in [0.717, 1.165) is 17.8 Å². The van der Waals surface area contributed by atoms with E-state index in [1.807, 2.05) is 0 Å². The first-order chi connectivity index (χ1) is 12.4. The number of benzene rings is 2. The molecule has 0 unspecified atom stereocenters. The van der Waals surface area contributed by atoms with Gasteiger partial charge in [0.15, 0.2) is 0 Å². The molecule has 1 heterocycles. The van der Waals surface area contributed by atoms with Crippen LogP contribution in [0.1, 0.15) is 10.4 Å². The number of nitrogen functional groups attached to an aromatic ring is 1. The number of hydrogen-bond donors (Lipinski definition) is 1. The molecular weight excluding hydrogens is 376 g/mol. The third-order valence-electron chi connectivity index (χ3n) is 3.92. The molecule has 2 aromatic carbocycles. The van der Waals surface area contributed by atoms with Gasteiger partial charge in [-0.2, -0.15) is 4.31 Å². The number of carbonyl (C=O) groups is 1. The number of para-hydroxylation sites is 1. The minimum atomic E-state index is -3.79. The molecule has 0 aliphatic carbocycles. The molecule has 1 aliphatic heterocycles. The second kappa shape index (κ2) is 7.67. The van der Waals surface area contributed by atoms with Gasteiger partial charge >= 0.3 is 0 Å². The van der Waals surface area contributed by atoms with E-state index in [1.54, 1.807) is 24.3 Å². The van der Waals surface area contributed by atoms with E-state index in [9.17, 15) is 18.3 Å². The fraction of sp³-hybridized carbons (Fsp3) is 0.235. The van der Waals surface area contributed by atoms with E-state index in [2.05, 4.69) is 0 Å². The van der Waals surface area contributed by atoms with Crippen molar-refractivity contribution in [3.63, 3.8) is 0 Å². The van der Waals surface area contributed by atoms with Crippen LogP contribution in [0.3, 0.4) is 0 Å². The minimum absolute atomic E-state index is 0.0796. The normalized spacial score (nSPS) is 15.7. The van der Waals surface area contributed by atoms with Gasteiger partial charge in [-0.25, -0.2) is 8.42 Å². The molecule has 0 aromatic heterocycles. The predicted molar refractivity (Wildman–Crippen MR) is 95.3 cm³/mol. The highest BCUT2D eigenvalue weighted by molar-refractivity contribution is 7.99. The smallest absolute Gasteiger partial charge is 0.243 e. The number of carboxylic acid groups (broad SMARTS) is 1. The number of morpholine rings is 1. The molecule has 3 rings (SSSR count). The first-order valence-electron chi connectivity index (χ1n) is 7.85. The quantitative estimate of drug-likeness (QED) is 0.748. The lowest BCUT2D eigenvalue weighted by Gasteiger charge is -2.26. The largest absolute Gasteiger partial charge is 0.545 e. The second-order valence-electron chi connectivity index (χ2n) is 5.60. The average Bonchev–Trinajstić information content (AvgIpc) is 2.64. The summed E-state index contributed by atoms with van der Waals surface area (Å²) in [5.74, 6) is -1.44. The second-order valence-corrected chi connectivity index (χ2v) is 8.62. The molecule has 1 saturated heterocycles. The zero-order valence-electron chi connectivity index (χ0n) is 13.8. The molecule has 26 heavy (non-hydrogen) atoms. The third-order valence-corrected chi connectivity index (χ3v) is 6.98.